The van der Waals surface area contributed by atoms with E-state index in [-0.39, 0.29) is 0 Å². The Morgan fingerprint density at radius 3 is 3.06 bits per heavy atom. The number of hydrogen-bond donors (Lipinski definition) is 1. The van der Waals surface area contributed by atoms with Crippen molar-refractivity contribution < 1.29 is 0 Å². The molecule has 0 radical (unpaired) electrons. The summed E-state index contributed by atoms with van der Waals surface area (Å²) in [6.07, 6.45) is 5.63. The van der Waals surface area contributed by atoms with Crippen LogP contribution >= 0.6 is 27.3 Å². The summed E-state index contributed by atoms with van der Waals surface area (Å²) in [5, 5.41) is 3.42. The lowest BCUT2D eigenvalue weighted by Crippen LogP contribution is -2.18. The molecule has 2 heterocycles. The Morgan fingerprint density at radius 2 is 2.44 bits per heavy atom. The number of rotatable bonds is 5. The van der Waals surface area contributed by atoms with E-state index in [9.17, 15) is 0 Å². The highest BCUT2D eigenvalue weighted by molar-refractivity contribution is 9.11. The number of nitrogens with zero attached hydrogens (tertiary/aromatic N) is 2. The Labute approximate surface area is 108 Å². The summed E-state index contributed by atoms with van der Waals surface area (Å²) in [5.41, 5.74) is 1.32. The third kappa shape index (κ3) is 3.17. The zero-order valence-electron chi connectivity index (χ0n) is 9.11. The van der Waals surface area contributed by atoms with Gasteiger partial charge in [0.05, 0.1) is 10.1 Å². The van der Waals surface area contributed by atoms with Crippen LogP contribution < -0.4 is 5.32 Å². The van der Waals surface area contributed by atoms with Crippen molar-refractivity contribution in [2.45, 2.75) is 20.0 Å². The second-order valence-corrected chi connectivity index (χ2v) is 6.10. The van der Waals surface area contributed by atoms with Gasteiger partial charge >= 0.3 is 0 Å². The van der Waals surface area contributed by atoms with Crippen molar-refractivity contribution in [1.82, 2.24) is 14.9 Å². The molecule has 0 saturated carbocycles. The predicted octanol–water partition coefficient (Wildman–Crippen LogP) is 2.81. The van der Waals surface area contributed by atoms with Gasteiger partial charge in [0.2, 0.25) is 0 Å². The number of nitrogens with one attached hydrogen (secondary N) is 1. The van der Waals surface area contributed by atoms with Crippen LogP contribution in [0.2, 0.25) is 0 Å². The molecule has 2 aromatic rings. The van der Waals surface area contributed by atoms with Crippen molar-refractivity contribution in [2.24, 2.45) is 0 Å². The molecule has 0 saturated heterocycles. The average molecular weight is 300 g/mol. The summed E-state index contributed by atoms with van der Waals surface area (Å²) in [5.74, 6) is 0. The summed E-state index contributed by atoms with van der Waals surface area (Å²) in [6.45, 7) is 4.98. The molecule has 0 aliphatic carbocycles. The first kappa shape index (κ1) is 11.8. The number of hydrogen-bond acceptors (Lipinski definition) is 3. The molecule has 0 unspecified atom stereocenters. The number of thiophene rings is 1. The van der Waals surface area contributed by atoms with Crippen LogP contribution in [0.5, 0.6) is 0 Å². The van der Waals surface area contributed by atoms with Crippen molar-refractivity contribution in [3.63, 3.8) is 0 Å². The molecule has 0 spiro atoms. The normalized spacial score (nSPS) is 10.9. The molecule has 0 aromatic carbocycles. The SMILES string of the molecule is Cc1cc(CNCCn2ccnc2)sc1Br. The number of aryl methyl sites for hydroxylation is 1. The Kier molecular flexibility index (Phi) is 4.15. The van der Waals surface area contributed by atoms with E-state index in [2.05, 4.69) is 43.8 Å². The van der Waals surface area contributed by atoms with Gasteiger partial charge in [0.1, 0.15) is 0 Å². The van der Waals surface area contributed by atoms with Crippen molar-refractivity contribution in [3.05, 3.63) is 39.0 Å². The second kappa shape index (κ2) is 5.61. The van der Waals surface area contributed by atoms with Crippen LogP contribution in [0.3, 0.4) is 0 Å². The van der Waals surface area contributed by atoms with Gasteiger partial charge in [0, 0.05) is 36.9 Å². The Hall–Kier alpha value is -0.650. The Bertz CT molecular complexity index is 417. The summed E-state index contributed by atoms with van der Waals surface area (Å²) < 4.78 is 3.31. The maximum absolute atomic E-state index is 4.01. The highest BCUT2D eigenvalue weighted by Crippen LogP contribution is 2.26. The molecule has 5 heteroatoms. The van der Waals surface area contributed by atoms with E-state index < -0.39 is 0 Å². The van der Waals surface area contributed by atoms with Crippen LogP contribution in [0.1, 0.15) is 10.4 Å². The lowest BCUT2D eigenvalue weighted by molar-refractivity contribution is 0.600. The number of aromatic nitrogens is 2. The highest BCUT2D eigenvalue weighted by Gasteiger charge is 2.01. The molecule has 86 valence electrons. The molecule has 0 fully saturated rings. The van der Waals surface area contributed by atoms with E-state index in [0.29, 0.717) is 0 Å². The lowest BCUT2D eigenvalue weighted by atomic mass is 10.3. The van der Waals surface area contributed by atoms with Gasteiger partial charge in [0.15, 0.2) is 0 Å². The first-order valence-electron chi connectivity index (χ1n) is 5.17. The first-order valence-corrected chi connectivity index (χ1v) is 6.78. The fraction of sp³-hybridized carbons (Fsp3) is 0.364. The zero-order valence-corrected chi connectivity index (χ0v) is 11.5. The molecule has 0 aliphatic rings. The van der Waals surface area contributed by atoms with E-state index in [4.69, 9.17) is 0 Å². The highest BCUT2D eigenvalue weighted by atomic mass is 79.9. The van der Waals surface area contributed by atoms with Crippen LogP contribution in [0.15, 0.2) is 28.6 Å². The summed E-state index contributed by atoms with van der Waals surface area (Å²) in [4.78, 5) is 5.38. The van der Waals surface area contributed by atoms with Crippen LogP contribution in [-0.4, -0.2) is 16.1 Å². The van der Waals surface area contributed by atoms with E-state index in [1.54, 1.807) is 17.5 Å². The summed E-state index contributed by atoms with van der Waals surface area (Å²) in [7, 11) is 0. The molecule has 0 amide bonds. The summed E-state index contributed by atoms with van der Waals surface area (Å²) >= 11 is 5.33. The topological polar surface area (TPSA) is 29.9 Å². The molecule has 3 nitrogen and oxygen atoms in total. The minimum atomic E-state index is 0.936. The number of halogens is 1. The van der Waals surface area contributed by atoms with E-state index in [1.165, 1.54) is 14.2 Å². The van der Waals surface area contributed by atoms with Crippen molar-refractivity contribution in [1.29, 1.82) is 0 Å². The van der Waals surface area contributed by atoms with E-state index in [1.807, 2.05) is 12.5 Å². The van der Waals surface area contributed by atoms with E-state index in [0.717, 1.165) is 19.6 Å². The Balaban J connectivity index is 1.72. The molecule has 2 rings (SSSR count). The largest absolute Gasteiger partial charge is 0.336 e. The predicted molar refractivity (Wildman–Crippen MR) is 70.7 cm³/mol. The molecular weight excluding hydrogens is 286 g/mol. The van der Waals surface area contributed by atoms with Crippen molar-refractivity contribution >= 4 is 27.3 Å². The minimum absolute atomic E-state index is 0.936. The second-order valence-electron chi connectivity index (χ2n) is 3.65. The van der Waals surface area contributed by atoms with Gasteiger partial charge in [0.25, 0.3) is 0 Å². The smallest absolute Gasteiger partial charge is 0.0946 e. The van der Waals surface area contributed by atoms with Crippen LogP contribution in [0, 0.1) is 6.92 Å². The van der Waals surface area contributed by atoms with E-state index >= 15 is 0 Å². The van der Waals surface area contributed by atoms with Gasteiger partial charge < -0.3 is 9.88 Å². The van der Waals surface area contributed by atoms with Gasteiger partial charge in [-0.3, -0.25) is 0 Å². The molecule has 0 atom stereocenters. The molecule has 1 N–H and O–H groups in total. The maximum atomic E-state index is 4.01. The third-order valence-corrected chi connectivity index (χ3v) is 4.45. The first-order chi connectivity index (χ1) is 7.75. The maximum Gasteiger partial charge on any atom is 0.0946 e. The minimum Gasteiger partial charge on any atom is -0.336 e. The molecule has 0 aliphatic heterocycles. The standard InChI is InChI=1S/C11H14BrN3S/c1-9-6-10(16-11(9)12)7-13-2-4-15-5-3-14-8-15/h3,5-6,8,13H,2,4,7H2,1H3. The van der Waals surface area contributed by atoms with Crippen molar-refractivity contribution in [3.8, 4) is 0 Å². The number of imidazole rings is 1. The lowest BCUT2D eigenvalue weighted by Gasteiger charge is -2.03. The molecule has 2 aromatic heterocycles. The van der Waals surface area contributed by atoms with Gasteiger partial charge in [-0.25, -0.2) is 4.98 Å². The van der Waals surface area contributed by atoms with Crippen LogP contribution in [0.4, 0.5) is 0 Å². The quantitative estimate of drug-likeness (QED) is 0.861. The van der Waals surface area contributed by atoms with Gasteiger partial charge in [-0.2, -0.15) is 0 Å². The van der Waals surface area contributed by atoms with Gasteiger partial charge in [-0.15, -0.1) is 11.3 Å². The fourth-order valence-corrected chi connectivity index (χ4v) is 3.05. The molecule has 16 heavy (non-hydrogen) atoms. The summed E-state index contributed by atoms with van der Waals surface area (Å²) in [6, 6.07) is 2.22. The van der Waals surface area contributed by atoms with Crippen molar-refractivity contribution in [2.75, 3.05) is 6.54 Å². The van der Waals surface area contributed by atoms with Crippen LogP contribution in [-0.2, 0) is 13.1 Å². The van der Waals surface area contributed by atoms with Gasteiger partial charge in [-0.05, 0) is 34.5 Å². The van der Waals surface area contributed by atoms with Crippen LogP contribution in [0.25, 0.3) is 0 Å². The van der Waals surface area contributed by atoms with Gasteiger partial charge in [-0.1, -0.05) is 0 Å². The molecular formula is C11H14BrN3S. The average Bonchev–Trinajstić information content (AvgIpc) is 2.85. The third-order valence-electron chi connectivity index (χ3n) is 2.31. The fourth-order valence-electron chi connectivity index (χ4n) is 1.45. The molecule has 0 bridgehead atoms. The Morgan fingerprint density at radius 1 is 1.56 bits per heavy atom. The zero-order chi connectivity index (χ0) is 11.4. The monoisotopic (exact) mass is 299 g/mol.